The summed E-state index contributed by atoms with van der Waals surface area (Å²) >= 11 is 6.05. The van der Waals surface area contributed by atoms with Crippen LogP contribution in [-0.4, -0.2) is 30.4 Å². The number of hydrogen-bond donors (Lipinski definition) is 1. The Morgan fingerprint density at radius 2 is 2.30 bits per heavy atom. The molecule has 1 aromatic heterocycles. The fourth-order valence-electron chi connectivity index (χ4n) is 2.51. The van der Waals surface area contributed by atoms with Gasteiger partial charge in [0.15, 0.2) is 0 Å². The van der Waals surface area contributed by atoms with E-state index in [1.807, 2.05) is 29.2 Å². The number of furan rings is 1. The van der Waals surface area contributed by atoms with E-state index in [0.717, 1.165) is 18.7 Å². The van der Waals surface area contributed by atoms with E-state index in [-0.39, 0.29) is 11.9 Å². The number of rotatable bonds is 2. The molecule has 0 spiro atoms. The molecule has 1 amide bonds. The standard InChI is InChI=1S/C15H15ClN2O2/c16-13-3-1-2-11(8-13)14-9-17-5-6-18(14)15(19)12-4-7-20-10-12/h1-4,7-8,10,14,17H,5-6,9H2. The van der Waals surface area contributed by atoms with E-state index >= 15 is 0 Å². The molecule has 1 fully saturated rings. The largest absolute Gasteiger partial charge is 0.472 e. The first-order valence-electron chi connectivity index (χ1n) is 6.55. The molecular weight excluding hydrogens is 276 g/mol. The minimum absolute atomic E-state index is 0.00905. The number of halogens is 1. The predicted molar refractivity (Wildman–Crippen MR) is 76.8 cm³/mol. The van der Waals surface area contributed by atoms with Crippen molar-refractivity contribution in [1.82, 2.24) is 10.2 Å². The van der Waals surface area contributed by atoms with Crippen molar-refractivity contribution < 1.29 is 9.21 Å². The first-order valence-corrected chi connectivity index (χ1v) is 6.93. The molecule has 1 aliphatic heterocycles. The molecule has 0 radical (unpaired) electrons. The Hall–Kier alpha value is -1.78. The molecule has 1 atom stereocenters. The average molecular weight is 291 g/mol. The average Bonchev–Trinajstić information content (AvgIpc) is 3.01. The number of nitrogens with one attached hydrogen (secondary N) is 1. The first-order chi connectivity index (χ1) is 9.75. The van der Waals surface area contributed by atoms with Gasteiger partial charge in [0.1, 0.15) is 6.26 Å². The summed E-state index contributed by atoms with van der Waals surface area (Å²) in [6.45, 7) is 2.19. The van der Waals surface area contributed by atoms with Crippen molar-refractivity contribution in [3.8, 4) is 0 Å². The molecule has 2 aromatic rings. The Labute approximate surface area is 122 Å². The number of benzene rings is 1. The number of carbonyl (C=O) groups excluding carboxylic acids is 1. The zero-order valence-corrected chi connectivity index (χ0v) is 11.6. The third kappa shape index (κ3) is 2.57. The van der Waals surface area contributed by atoms with E-state index in [9.17, 15) is 4.79 Å². The van der Waals surface area contributed by atoms with Gasteiger partial charge in [-0.15, -0.1) is 0 Å². The van der Waals surface area contributed by atoms with Gasteiger partial charge >= 0.3 is 0 Å². The van der Waals surface area contributed by atoms with Crippen molar-refractivity contribution in [1.29, 1.82) is 0 Å². The van der Waals surface area contributed by atoms with E-state index in [1.54, 1.807) is 6.07 Å². The van der Waals surface area contributed by atoms with E-state index in [4.69, 9.17) is 16.0 Å². The van der Waals surface area contributed by atoms with Crippen LogP contribution in [0.15, 0.2) is 47.3 Å². The topological polar surface area (TPSA) is 45.5 Å². The molecule has 1 N–H and O–H groups in total. The predicted octanol–water partition coefficient (Wildman–Crippen LogP) is 2.72. The minimum Gasteiger partial charge on any atom is -0.472 e. The van der Waals surface area contributed by atoms with E-state index < -0.39 is 0 Å². The molecule has 5 heteroatoms. The number of hydrogen-bond acceptors (Lipinski definition) is 3. The van der Waals surface area contributed by atoms with Gasteiger partial charge in [0.05, 0.1) is 17.9 Å². The van der Waals surface area contributed by atoms with Crippen molar-refractivity contribution >= 4 is 17.5 Å². The summed E-state index contributed by atoms with van der Waals surface area (Å²) in [5, 5.41) is 4.01. The quantitative estimate of drug-likeness (QED) is 0.925. The second kappa shape index (κ2) is 5.69. The Morgan fingerprint density at radius 3 is 3.05 bits per heavy atom. The van der Waals surface area contributed by atoms with Crippen LogP contribution in [0.1, 0.15) is 22.0 Å². The second-order valence-electron chi connectivity index (χ2n) is 4.79. The molecular formula is C15H15ClN2O2. The lowest BCUT2D eigenvalue weighted by molar-refractivity contribution is 0.0633. The third-order valence-electron chi connectivity index (χ3n) is 3.51. The Kier molecular flexibility index (Phi) is 3.76. The zero-order chi connectivity index (χ0) is 13.9. The van der Waals surface area contributed by atoms with Crippen molar-refractivity contribution in [3.63, 3.8) is 0 Å². The Bertz CT molecular complexity index is 598. The second-order valence-corrected chi connectivity index (χ2v) is 5.22. The lowest BCUT2D eigenvalue weighted by Gasteiger charge is -2.36. The van der Waals surface area contributed by atoms with E-state index in [0.29, 0.717) is 17.1 Å². The Balaban J connectivity index is 1.89. The van der Waals surface area contributed by atoms with Gasteiger partial charge in [0.25, 0.3) is 5.91 Å². The normalized spacial score (nSPS) is 19.1. The molecule has 20 heavy (non-hydrogen) atoms. The molecule has 3 rings (SSSR count). The molecule has 0 aliphatic carbocycles. The molecule has 1 saturated heterocycles. The highest BCUT2D eigenvalue weighted by atomic mass is 35.5. The van der Waals surface area contributed by atoms with Gasteiger partial charge in [0, 0.05) is 24.7 Å². The van der Waals surface area contributed by atoms with Crippen molar-refractivity contribution in [3.05, 3.63) is 59.0 Å². The molecule has 1 aromatic carbocycles. The van der Waals surface area contributed by atoms with Gasteiger partial charge in [-0.2, -0.15) is 0 Å². The fourth-order valence-corrected chi connectivity index (χ4v) is 2.71. The van der Waals surface area contributed by atoms with Crippen LogP contribution in [0, 0.1) is 0 Å². The van der Waals surface area contributed by atoms with Crippen LogP contribution in [0.4, 0.5) is 0 Å². The van der Waals surface area contributed by atoms with Gasteiger partial charge in [-0.05, 0) is 23.8 Å². The fraction of sp³-hybridized carbons (Fsp3) is 0.267. The van der Waals surface area contributed by atoms with Crippen LogP contribution in [0.5, 0.6) is 0 Å². The molecule has 104 valence electrons. The minimum atomic E-state index is -0.00940. The summed E-state index contributed by atoms with van der Waals surface area (Å²) in [5.74, 6) is -0.00905. The summed E-state index contributed by atoms with van der Waals surface area (Å²) in [7, 11) is 0. The number of amides is 1. The first kappa shape index (κ1) is 13.2. The maximum Gasteiger partial charge on any atom is 0.257 e. The third-order valence-corrected chi connectivity index (χ3v) is 3.74. The lowest BCUT2D eigenvalue weighted by atomic mass is 10.0. The van der Waals surface area contributed by atoms with Crippen molar-refractivity contribution in [2.45, 2.75) is 6.04 Å². The number of piperazine rings is 1. The van der Waals surface area contributed by atoms with Crippen LogP contribution in [0.25, 0.3) is 0 Å². The Morgan fingerprint density at radius 1 is 1.40 bits per heavy atom. The van der Waals surface area contributed by atoms with Crippen LogP contribution in [0.2, 0.25) is 5.02 Å². The number of carbonyl (C=O) groups is 1. The highest BCUT2D eigenvalue weighted by Gasteiger charge is 2.29. The van der Waals surface area contributed by atoms with Gasteiger partial charge in [-0.3, -0.25) is 4.79 Å². The maximum atomic E-state index is 12.5. The van der Waals surface area contributed by atoms with Crippen molar-refractivity contribution in [2.24, 2.45) is 0 Å². The monoisotopic (exact) mass is 290 g/mol. The summed E-state index contributed by atoms with van der Waals surface area (Å²) in [6.07, 6.45) is 3.00. The van der Waals surface area contributed by atoms with Gasteiger partial charge in [-0.1, -0.05) is 23.7 Å². The summed E-state index contributed by atoms with van der Waals surface area (Å²) in [6, 6.07) is 9.34. The van der Waals surface area contributed by atoms with Gasteiger partial charge in [0.2, 0.25) is 0 Å². The molecule has 2 heterocycles. The zero-order valence-electron chi connectivity index (χ0n) is 10.9. The molecule has 4 nitrogen and oxygen atoms in total. The molecule has 0 saturated carbocycles. The summed E-state index contributed by atoms with van der Waals surface area (Å²) in [4.78, 5) is 14.4. The highest BCUT2D eigenvalue weighted by Crippen LogP contribution is 2.26. The van der Waals surface area contributed by atoms with Gasteiger partial charge < -0.3 is 14.6 Å². The lowest BCUT2D eigenvalue weighted by Crippen LogP contribution is -2.48. The maximum absolute atomic E-state index is 12.5. The van der Waals surface area contributed by atoms with E-state index in [1.165, 1.54) is 12.5 Å². The highest BCUT2D eigenvalue weighted by molar-refractivity contribution is 6.30. The van der Waals surface area contributed by atoms with Crippen LogP contribution >= 0.6 is 11.6 Å². The SMILES string of the molecule is O=C(c1ccoc1)N1CCNCC1c1cccc(Cl)c1. The van der Waals surface area contributed by atoms with Crippen LogP contribution in [0.3, 0.4) is 0 Å². The molecule has 1 unspecified atom stereocenters. The van der Waals surface area contributed by atoms with Crippen LogP contribution < -0.4 is 5.32 Å². The summed E-state index contributed by atoms with van der Waals surface area (Å²) < 4.78 is 5.00. The summed E-state index contributed by atoms with van der Waals surface area (Å²) in [5.41, 5.74) is 1.63. The smallest absolute Gasteiger partial charge is 0.257 e. The van der Waals surface area contributed by atoms with E-state index in [2.05, 4.69) is 5.32 Å². The number of nitrogens with zero attached hydrogens (tertiary/aromatic N) is 1. The van der Waals surface area contributed by atoms with Crippen molar-refractivity contribution in [2.75, 3.05) is 19.6 Å². The molecule has 1 aliphatic rings. The van der Waals surface area contributed by atoms with Gasteiger partial charge in [-0.25, -0.2) is 0 Å². The van der Waals surface area contributed by atoms with Crippen LogP contribution in [-0.2, 0) is 0 Å². The molecule has 0 bridgehead atoms.